The number of aromatic nitrogens is 2. The predicted molar refractivity (Wildman–Crippen MR) is 71.6 cm³/mol. The Bertz CT molecular complexity index is 500. The second-order valence-corrected chi connectivity index (χ2v) is 4.95. The molecule has 2 aromatic rings. The fourth-order valence-electron chi connectivity index (χ4n) is 2.08. The lowest BCUT2D eigenvalue weighted by Crippen LogP contribution is -2.02. The molecule has 0 saturated heterocycles. The van der Waals surface area contributed by atoms with E-state index >= 15 is 0 Å². The standard InChI is InChI=1S/C14H17ClN2/c1-10(2)13-11(3)16-17(14(13)15)9-12-7-5-4-6-8-12/h4-8,10H,9H2,1-3H3. The van der Waals surface area contributed by atoms with Crippen molar-refractivity contribution in [3.8, 4) is 0 Å². The van der Waals surface area contributed by atoms with Gasteiger partial charge in [-0.2, -0.15) is 5.10 Å². The summed E-state index contributed by atoms with van der Waals surface area (Å²) in [5.41, 5.74) is 3.40. The first-order valence-corrected chi connectivity index (χ1v) is 6.24. The maximum Gasteiger partial charge on any atom is 0.131 e. The van der Waals surface area contributed by atoms with Crippen molar-refractivity contribution in [2.75, 3.05) is 0 Å². The molecule has 0 amide bonds. The maximum atomic E-state index is 6.37. The number of benzene rings is 1. The molecule has 1 aromatic carbocycles. The van der Waals surface area contributed by atoms with Gasteiger partial charge in [-0.25, -0.2) is 4.68 Å². The molecule has 2 nitrogen and oxygen atoms in total. The largest absolute Gasteiger partial charge is 0.249 e. The van der Waals surface area contributed by atoms with Gasteiger partial charge in [0.25, 0.3) is 0 Å². The van der Waals surface area contributed by atoms with Crippen LogP contribution in [0.2, 0.25) is 5.15 Å². The lowest BCUT2D eigenvalue weighted by Gasteiger charge is -2.05. The molecule has 1 heterocycles. The number of nitrogens with zero attached hydrogens (tertiary/aromatic N) is 2. The molecule has 0 unspecified atom stereocenters. The minimum atomic E-state index is 0.409. The summed E-state index contributed by atoms with van der Waals surface area (Å²) in [5, 5.41) is 5.28. The van der Waals surface area contributed by atoms with Crippen LogP contribution in [-0.4, -0.2) is 9.78 Å². The molecule has 0 atom stereocenters. The Labute approximate surface area is 107 Å². The van der Waals surface area contributed by atoms with Crippen LogP contribution < -0.4 is 0 Å². The van der Waals surface area contributed by atoms with Gasteiger partial charge >= 0.3 is 0 Å². The first-order valence-electron chi connectivity index (χ1n) is 5.86. The summed E-state index contributed by atoms with van der Waals surface area (Å²) >= 11 is 6.37. The fourth-order valence-corrected chi connectivity index (χ4v) is 2.54. The highest BCUT2D eigenvalue weighted by Crippen LogP contribution is 2.27. The van der Waals surface area contributed by atoms with Gasteiger partial charge in [0, 0.05) is 5.56 Å². The zero-order chi connectivity index (χ0) is 12.4. The number of halogens is 1. The minimum Gasteiger partial charge on any atom is -0.249 e. The number of aryl methyl sites for hydroxylation is 1. The van der Waals surface area contributed by atoms with E-state index in [0.29, 0.717) is 5.92 Å². The molecule has 90 valence electrons. The quantitative estimate of drug-likeness (QED) is 0.802. The molecule has 17 heavy (non-hydrogen) atoms. The molecule has 3 heteroatoms. The van der Waals surface area contributed by atoms with E-state index in [9.17, 15) is 0 Å². The van der Waals surface area contributed by atoms with E-state index in [1.54, 1.807) is 0 Å². The van der Waals surface area contributed by atoms with E-state index in [4.69, 9.17) is 11.6 Å². The Hall–Kier alpha value is -1.28. The van der Waals surface area contributed by atoms with Crippen molar-refractivity contribution in [1.29, 1.82) is 0 Å². The van der Waals surface area contributed by atoms with Crippen LogP contribution in [0.1, 0.15) is 36.6 Å². The van der Waals surface area contributed by atoms with E-state index in [1.165, 1.54) is 5.56 Å². The van der Waals surface area contributed by atoms with E-state index in [2.05, 4.69) is 31.1 Å². The molecule has 0 spiro atoms. The Morgan fingerprint density at radius 1 is 1.24 bits per heavy atom. The van der Waals surface area contributed by atoms with E-state index in [1.807, 2.05) is 29.8 Å². The Morgan fingerprint density at radius 3 is 2.41 bits per heavy atom. The van der Waals surface area contributed by atoms with E-state index < -0.39 is 0 Å². The van der Waals surface area contributed by atoms with Crippen LogP contribution in [-0.2, 0) is 6.54 Å². The summed E-state index contributed by atoms with van der Waals surface area (Å²) in [6, 6.07) is 10.2. The third kappa shape index (κ3) is 2.52. The zero-order valence-electron chi connectivity index (χ0n) is 10.4. The Balaban J connectivity index is 2.32. The number of hydrogen-bond donors (Lipinski definition) is 0. The van der Waals surface area contributed by atoms with Crippen LogP contribution in [0, 0.1) is 6.92 Å². The van der Waals surface area contributed by atoms with Crippen LogP contribution in [0.5, 0.6) is 0 Å². The third-order valence-electron chi connectivity index (χ3n) is 2.86. The molecule has 1 aromatic heterocycles. The molecule has 0 aliphatic carbocycles. The van der Waals surface area contributed by atoms with Crippen molar-refractivity contribution in [1.82, 2.24) is 9.78 Å². The van der Waals surface area contributed by atoms with Gasteiger partial charge in [-0.15, -0.1) is 0 Å². The van der Waals surface area contributed by atoms with Crippen molar-refractivity contribution in [3.05, 3.63) is 52.3 Å². The highest BCUT2D eigenvalue weighted by atomic mass is 35.5. The Kier molecular flexibility index (Phi) is 3.53. The summed E-state index contributed by atoms with van der Waals surface area (Å²) in [6.07, 6.45) is 0. The molecular weight excluding hydrogens is 232 g/mol. The summed E-state index contributed by atoms with van der Waals surface area (Å²) in [7, 11) is 0. The van der Waals surface area contributed by atoms with Crippen LogP contribution in [0.3, 0.4) is 0 Å². The van der Waals surface area contributed by atoms with Gasteiger partial charge in [-0.1, -0.05) is 55.8 Å². The molecule has 0 fully saturated rings. The normalized spacial score (nSPS) is 11.1. The van der Waals surface area contributed by atoms with Gasteiger partial charge in [0.2, 0.25) is 0 Å². The molecule has 0 bridgehead atoms. The second-order valence-electron chi connectivity index (χ2n) is 4.59. The van der Waals surface area contributed by atoms with Crippen LogP contribution in [0.4, 0.5) is 0 Å². The molecule has 0 aliphatic heterocycles. The van der Waals surface area contributed by atoms with Crippen LogP contribution >= 0.6 is 11.6 Å². The monoisotopic (exact) mass is 248 g/mol. The van der Waals surface area contributed by atoms with E-state index in [-0.39, 0.29) is 0 Å². The molecular formula is C14H17ClN2. The van der Waals surface area contributed by atoms with Gasteiger partial charge in [-0.3, -0.25) is 0 Å². The summed E-state index contributed by atoms with van der Waals surface area (Å²) in [6.45, 7) is 7.03. The summed E-state index contributed by atoms with van der Waals surface area (Å²) in [4.78, 5) is 0. The van der Waals surface area contributed by atoms with Crippen LogP contribution in [0.15, 0.2) is 30.3 Å². The highest BCUT2D eigenvalue weighted by molar-refractivity contribution is 6.30. The minimum absolute atomic E-state index is 0.409. The lowest BCUT2D eigenvalue weighted by molar-refractivity contribution is 0.680. The van der Waals surface area contributed by atoms with Crippen molar-refractivity contribution < 1.29 is 0 Å². The SMILES string of the molecule is Cc1nn(Cc2ccccc2)c(Cl)c1C(C)C. The molecule has 2 rings (SSSR count). The lowest BCUT2D eigenvalue weighted by atomic mass is 10.1. The van der Waals surface area contributed by atoms with Gasteiger partial charge < -0.3 is 0 Å². The van der Waals surface area contributed by atoms with Crippen LogP contribution in [0.25, 0.3) is 0 Å². The molecule has 0 aliphatic rings. The maximum absolute atomic E-state index is 6.37. The number of hydrogen-bond acceptors (Lipinski definition) is 1. The average molecular weight is 249 g/mol. The average Bonchev–Trinajstić information content (AvgIpc) is 2.55. The molecule has 0 radical (unpaired) electrons. The van der Waals surface area contributed by atoms with Crippen molar-refractivity contribution >= 4 is 11.6 Å². The molecule has 0 N–H and O–H groups in total. The first-order chi connectivity index (χ1) is 8.09. The van der Waals surface area contributed by atoms with Crippen molar-refractivity contribution in [2.45, 2.75) is 33.2 Å². The van der Waals surface area contributed by atoms with Crippen molar-refractivity contribution in [3.63, 3.8) is 0 Å². The molecule has 0 saturated carbocycles. The smallest absolute Gasteiger partial charge is 0.131 e. The van der Waals surface area contributed by atoms with Gasteiger partial charge in [0.05, 0.1) is 12.2 Å². The summed E-state index contributed by atoms with van der Waals surface area (Å²) in [5.74, 6) is 0.409. The van der Waals surface area contributed by atoms with Gasteiger partial charge in [-0.05, 0) is 18.4 Å². The second kappa shape index (κ2) is 4.92. The zero-order valence-corrected chi connectivity index (χ0v) is 11.2. The Morgan fingerprint density at radius 2 is 1.88 bits per heavy atom. The topological polar surface area (TPSA) is 17.8 Å². The van der Waals surface area contributed by atoms with Gasteiger partial charge in [0.1, 0.15) is 5.15 Å². The van der Waals surface area contributed by atoms with Crippen molar-refractivity contribution in [2.24, 2.45) is 0 Å². The first kappa shape index (κ1) is 12.2. The fraction of sp³-hybridized carbons (Fsp3) is 0.357. The summed E-state index contributed by atoms with van der Waals surface area (Å²) < 4.78 is 1.88. The van der Waals surface area contributed by atoms with Gasteiger partial charge in [0.15, 0.2) is 0 Å². The van der Waals surface area contributed by atoms with E-state index in [0.717, 1.165) is 23.0 Å². The highest BCUT2D eigenvalue weighted by Gasteiger charge is 2.15. The number of rotatable bonds is 3. The third-order valence-corrected chi connectivity index (χ3v) is 3.26. The predicted octanol–water partition coefficient (Wildman–Crippen LogP) is 4.02.